The highest BCUT2D eigenvalue weighted by molar-refractivity contribution is 7.09. The summed E-state index contributed by atoms with van der Waals surface area (Å²) in [5, 5.41) is 6.13. The van der Waals surface area contributed by atoms with Crippen molar-refractivity contribution in [1.82, 2.24) is 19.4 Å². The molecule has 2 amide bonds. The second-order valence-electron chi connectivity index (χ2n) is 9.57. The van der Waals surface area contributed by atoms with Crippen LogP contribution in [0.4, 0.5) is 0 Å². The van der Waals surface area contributed by atoms with E-state index < -0.39 is 5.54 Å². The van der Waals surface area contributed by atoms with Crippen molar-refractivity contribution in [2.24, 2.45) is 5.92 Å². The summed E-state index contributed by atoms with van der Waals surface area (Å²) in [6, 6.07) is 16.0. The average Bonchev–Trinajstić information content (AvgIpc) is 3.57. The Labute approximate surface area is 203 Å². The number of nitrogens with zero attached hydrogens (tertiary/aromatic N) is 3. The fourth-order valence-electron chi connectivity index (χ4n) is 4.82. The van der Waals surface area contributed by atoms with Gasteiger partial charge in [-0.3, -0.25) is 9.59 Å². The Morgan fingerprint density at radius 1 is 1.12 bits per heavy atom. The number of rotatable bonds is 7. The Hall–Kier alpha value is -3.32. The minimum atomic E-state index is -1.01. The molecule has 3 aromatic heterocycles. The van der Waals surface area contributed by atoms with Crippen LogP contribution >= 0.6 is 11.3 Å². The molecule has 0 saturated heterocycles. The molecule has 0 bridgehead atoms. The van der Waals surface area contributed by atoms with Gasteiger partial charge in [0.15, 0.2) is 0 Å². The number of nitrogens with one attached hydrogen (secondary N) is 1. The number of hydrogen-bond donors (Lipinski definition) is 1. The highest BCUT2D eigenvalue weighted by Crippen LogP contribution is 2.38. The van der Waals surface area contributed by atoms with E-state index >= 15 is 0 Å². The van der Waals surface area contributed by atoms with Crippen LogP contribution in [0.3, 0.4) is 0 Å². The van der Waals surface area contributed by atoms with E-state index in [4.69, 9.17) is 0 Å². The molecule has 1 aliphatic rings. The topological polar surface area (TPSA) is 59.3 Å². The summed E-state index contributed by atoms with van der Waals surface area (Å²) >= 11 is 1.60. The van der Waals surface area contributed by atoms with Crippen LogP contribution in [-0.2, 0) is 17.9 Å². The maximum Gasteiger partial charge on any atom is 0.273 e. The predicted molar refractivity (Wildman–Crippen MR) is 136 cm³/mol. The van der Waals surface area contributed by atoms with E-state index in [1.165, 1.54) is 0 Å². The van der Waals surface area contributed by atoms with Gasteiger partial charge in [0.1, 0.15) is 11.2 Å². The Bertz CT molecular complexity index is 1320. The van der Waals surface area contributed by atoms with Crippen molar-refractivity contribution in [3.63, 3.8) is 0 Å². The second-order valence-corrected chi connectivity index (χ2v) is 10.6. The van der Waals surface area contributed by atoms with Crippen molar-refractivity contribution in [1.29, 1.82) is 0 Å². The van der Waals surface area contributed by atoms with Crippen molar-refractivity contribution in [3.05, 3.63) is 76.9 Å². The molecular formula is C27H30N4O2S. The van der Waals surface area contributed by atoms with Gasteiger partial charge in [-0.25, -0.2) is 0 Å². The van der Waals surface area contributed by atoms with Crippen molar-refractivity contribution in [2.45, 2.75) is 45.8 Å². The number of benzene rings is 1. The second kappa shape index (κ2) is 8.80. The van der Waals surface area contributed by atoms with Gasteiger partial charge in [0.25, 0.3) is 5.91 Å². The van der Waals surface area contributed by atoms with E-state index in [0.717, 1.165) is 27.9 Å². The quantitative estimate of drug-likeness (QED) is 0.407. The number of thiophene rings is 1. The van der Waals surface area contributed by atoms with Crippen LogP contribution in [0.1, 0.15) is 42.6 Å². The van der Waals surface area contributed by atoms with Gasteiger partial charge >= 0.3 is 0 Å². The number of para-hydroxylation sites is 1. The molecule has 1 aromatic carbocycles. The van der Waals surface area contributed by atoms with Crippen LogP contribution in [0.15, 0.2) is 66.3 Å². The van der Waals surface area contributed by atoms with E-state index in [9.17, 15) is 9.59 Å². The summed E-state index contributed by atoms with van der Waals surface area (Å²) in [6.45, 7) is 7.58. The van der Waals surface area contributed by atoms with Gasteiger partial charge in [-0.2, -0.15) is 0 Å². The number of carbonyl (C=O) groups excluding carboxylic acids is 2. The van der Waals surface area contributed by atoms with Crippen LogP contribution in [-0.4, -0.2) is 37.9 Å². The fraction of sp³-hybridized carbons (Fsp3) is 0.333. The maximum atomic E-state index is 14.2. The molecule has 1 atom stereocenters. The number of aromatic nitrogens is 2. The Kier molecular flexibility index (Phi) is 5.81. The first-order valence-corrected chi connectivity index (χ1v) is 12.7. The van der Waals surface area contributed by atoms with Gasteiger partial charge in [0, 0.05) is 29.2 Å². The molecule has 5 rings (SSSR count). The number of hydrogen-bond acceptors (Lipinski definition) is 3. The predicted octanol–water partition coefficient (Wildman–Crippen LogP) is 5.07. The van der Waals surface area contributed by atoms with E-state index in [1.807, 2.05) is 82.4 Å². The van der Waals surface area contributed by atoms with Gasteiger partial charge in [0.05, 0.1) is 24.3 Å². The monoisotopic (exact) mass is 474 g/mol. The Morgan fingerprint density at radius 3 is 2.59 bits per heavy atom. The van der Waals surface area contributed by atoms with Crippen molar-refractivity contribution in [2.75, 3.05) is 6.54 Å². The zero-order valence-corrected chi connectivity index (χ0v) is 20.6. The Morgan fingerprint density at radius 2 is 1.88 bits per heavy atom. The lowest BCUT2D eigenvalue weighted by molar-refractivity contribution is -0.133. The van der Waals surface area contributed by atoms with Crippen LogP contribution in [0.5, 0.6) is 0 Å². The van der Waals surface area contributed by atoms with E-state index in [-0.39, 0.29) is 11.8 Å². The summed E-state index contributed by atoms with van der Waals surface area (Å²) in [7, 11) is 0. The lowest BCUT2D eigenvalue weighted by Crippen LogP contribution is -2.63. The largest absolute Gasteiger partial charge is 0.354 e. The first-order valence-electron chi connectivity index (χ1n) is 11.8. The standard InChI is InChI=1S/C27H30N4O2S/c1-19(2)12-13-28-26(33)27(3)18-30-22-11-5-4-10-21(22)23(29-14-6-7-15-29)24(30)25(32)31(27)17-20-9-8-16-34-20/h4-11,14-16,19H,12-13,17-18H2,1-3H3,(H,28,33). The third-order valence-corrected chi connectivity index (χ3v) is 7.57. The minimum Gasteiger partial charge on any atom is -0.354 e. The molecule has 4 aromatic rings. The molecule has 1 unspecified atom stereocenters. The maximum absolute atomic E-state index is 14.2. The number of fused-ring (bicyclic) bond motifs is 3. The summed E-state index contributed by atoms with van der Waals surface area (Å²) < 4.78 is 4.04. The molecule has 34 heavy (non-hydrogen) atoms. The molecule has 7 heteroatoms. The van der Waals surface area contributed by atoms with Crippen molar-refractivity contribution in [3.8, 4) is 5.69 Å². The molecule has 4 heterocycles. The fourth-order valence-corrected chi connectivity index (χ4v) is 5.51. The lowest BCUT2D eigenvalue weighted by Gasteiger charge is -2.44. The van der Waals surface area contributed by atoms with Crippen molar-refractivity contribution >= 4 is 34.1 Å². The summed E-state index contributed by atoms with van der Waals surface area (Å²) in [6.07, 6.45) is 4.83. The molecule has 1 aliphatic heterocycles. The molecule has 1 N–H and O–H groups in total. The molecule has 176 valence electrons. The smallest absolute Gasteiger partial charge is 0.273 e. The zero-order valence-electron chi connectivity index (χ0n) is 19.8. The van der Waals surface area contributed by atoms with Gasteiger partial charge in [-0.1, -0.05) is 38.1 Å². The molecule has 6 nitrogen and oxygen atoms in total. The third kappa shape index (κ3) is 3.74. The molecule has 0 radical (unpaired) electrons. The van der Waals surface area contributed by atoms with E-state index in [2.05, 4.69) is 19.2 Å². The van der Waals surface area contributed by atoms with Crippen LogP contribution in [0.25, 0.3) is 16.6 Å². The summed E-state index contributed by atoms with van der Waals surface area (Å²) in [5.41, 5.74) is 1.44. The van der Waals surface area contributed by atoms with Crippen LogP contribution < -0.4 is 5.32 Å². The first kappa shape index (κ1) is 22.5. The molecular weight excluding hydrogens is 444 g/mol. The zero-order chi connectivity index (χ0) is 23.9. The van der Waals surface area contributed by atoms with Crippen LogP contribution in [0, 0.1) is 5.92 Å². The highest BCUT2D eigenvalue weighted by atomic mass is 32.1. The SMILES string of the molecule is CC(C)CCNC(=O)C1(C)Cn2c(c(-n3cccc3)c3ccccc32)C(=O)N1Cc1cccs1. The Balaban J connectivity index is 1.65. The van der Waals surface area contributed by atoms with E-state index in [0.29, 0.717) is 31.2 Å². The van der Waals surface area contributed by atoms with Gasteiger partial charge < -0.3 is 19.4 Å². The average molecular weight is 475 g/mol. The lowest BCUT2D eigenvalue weighted by atomic mass is 9.94. The molecule has 0 fully saturated rings. The molecule has 0 aliphatic carbocycles. The normalized spacial score (nSPS) is 18.0. The highest BCUT2D eigenvalue weighted by Gasteiger charge is 2.49. The molecule has 0 saturated carbocycles. The van der Waals surface area contributed by atoms with Gasteiger partial charge in [-0.05, 0) is 48.9 Å². The van der Waals surface area contributed by atoms with E-state index in [1.54, 1.807) is 16.2 Å². The summed E-state index contributed by atoms with van der Waals surface area (Å²) in [5.74, 6) is 0.262. The third-order valence-electron chi connectivity index (χ3n) is 6.71. The number of amides is 2. The molecule has 0 spiro atoms. The van der Waals surface area contributed by atoms with Gasteiger partial charge in [-0.15, -0.1) is 11.3 Å². The summed E-state index contributed by atoms with van der Waals surface area (Å²) in [4.78, 5) is 30.7. The minimum absolute atomic E-state index is 0.107. The van der Waals surface area contributed by atoms with Crippen LogP contribution in [0.2, 0.25) is 0 Å². The van der Waals surface area contributed by atoms with Gasteiger partial charge in [0.2, 0.25) is 5.91 Å². The first-order chi connectivity index (χ1) is 16.4. The number of carbonyl (C=O) groups is 2. The van der Waals surface area contributed by atoms with Crippen molar-refractivity contribution < 1.29 is 9.59 Å².